The van der Waals surface area contributed by atoms with Crippen molar-refractivity contribution in [2.75, 3.05) is 5.75 Å². The third-order valence-electron chi connectivity index (χ3n) is 1.32. The Hall–Kier alpha value is -0.270. The van der Waals surface area contributed by atoms with Crippen molar-refractivity contribution in [3.05, 3.63) is 0 Å². The molecule has 13 heavy (non-hydrogen) atoms. The van der Waals surface area contributed by atoms with E-state index in [1.165, 1.54) is 0 Å². The van der Waals surface area contributed by atoms with Crippen molar-refractivity contribution in [2.24, 2.45) is 0 Å². The lowest BCUT2D eigenvalue weighted by Gasteiger charge is -2.05. The summed E-state index contributed by atoms with van der Waals surface area (Å²) in [4.78, 5) is 0. The van der Waals surface area contributed by atoms with E-state index in [1.807, 2.05) is 0 Å². The number of hydrogen-bond donors (Lipinski definition) is 1. The SMILES string of the molecule is O=S(=O)([O-])CCCCCC(F)F.[NH4+]. The van der Waals surface area contributed by atoms with E-state index >= 15 is 0 Å². The van der Waals surface area contributed by atoms with Gasteiger partial charge in [0, 0.05) is 12.2 Å². The third-order valence-corrected chi connectivity index (χ3v) is 2.11. The molecule has 0 aromatic rings. The van der Waals surface area contributed by atoms with Gasteiger partial charge >= 0.3 is 0 Å². The van der Waals surface area contributed by atoms with E-state index in [2.05, 4.69) is 0 Å². The highest BCUT2D eigenvalue weighted by Gasteiger charge is 2.01. The van der Waals surface area contributed by atoms with Crippen molar-refractivity contribution in [1.29, 1.82) is 0 Å². The standard InChI is InChI=1S/C6H12F2O3S.H3N/c7-6(8)4-2-1-3-5-12(9,10)11;/h6H,1-5H2,(H,9,10,11);1H3. The van der Waals surface area contributed by atoms with Crippen molar-refractivity contribution in [3.8, 4) is 0 Å². The van der Waals surface area contributed by atoms with Crippen LogP contribution in [0.3, 0.4) is 0 Å². The maximum absolute atomic E-state index is 11.5. The number of alkyl halides is 2. The van der Waals surface area contributed by atoms with Gasteiger partial charge in [0.05, 0.1) is 10.1 Å². The monoisotopic (exact) mass is 219 g/mol. The molecular weight excluding hydrogens is 204 g/mol. The molecule has 0 unspecified atom stereocenters. The first-order valence-corrected chi connectivity index (χ1v) is 5.21. The molecule has 0 aliphatic heterocycles. The van der Waals surface area contributed by atoms with Gasteiger partial charge in [-0.2, -0.15) is 0 Å². The Morgan fingerprint density at radius 1 is 1.15 bits per heavy atom. The molecule has 0 atom stereocenters. The maximum Gasteiger partial charge on any atom is 0.238 e. The van der Waals surface area contributed by atoms with Crippen LogP contribution in [0.2, 0.25) is 0 Å². The van der Waals surface area contributed by atoms with Gasteiger partial charge in [0.25, 0.3) is 0 Å². The second-order valence-electron chi connectivity index (χ2n) is 2.50. The average Bonchev–Trinajstić information content (AvgIpc) is 1.83. The van der Waals surface area contributed by atoms with Gasteiger partial charge in [0.2, 0.25) is 6.43 Å². The molecule has 82 valence electrons. The summed E-state index contributed by atoms with van der Waals surface area (Å²) >= 11 is 0. The van der Waals surface area contributed by atoms with Crippen LogP contribution in [0.5, 0.6) is 0 Å². The van der Waals surface area contributed by atoms with Crippen LogP contribution in [-0.2, 0) is 10.1 Å². The Balaban J connectivity index is 0. The first kappa shape index (κ1) is 15.2. The zero-order chi connectivity index (χ0) is 9.61. The molecule has 7 heteroatoms. The Morgan fingerprint density at radius 2 is 1.69 bits per heavy atom. The fourth-order valence-electron chi connectivity index (χ4n) is 0.754. The molecule has 0 aromatic carbocycles. The first-order chi connectivity index (χ1) is 5.42. The molecule has 4 N–H and O–H groups in total. The second-order valence-corrected chi connectivity index (χ2v) is 4.03. The van der Waals surface area contributed by atoms with Crippen molar-refractivity contribution < 1.29 is 21.8 Å². The van der Waals surface area contributed by atoms with Crippen molar-refractivity contribution >= 4 is 10.1 Å². The molecular formula is C6H15F2NO3S. The van der Waals surface area contributed by atoms with Gasteiger partial charge in [-0.25, -0.2) is 17.2 Å². The lowest BCUT2D eigenvalue weighted by Crippen LogP contribution is -2.04. The van der Waals surface area contributed by atoms with Gasteiger partial charge in [-0.15, -0.1) is 0 Å². The second kappa shape index (κ2) is 7.16. The van der Waals surface area contributed by atoms with E-state index < -0.39 is 22.3 Å². The van der Waals surface area contributed by atoms with Gasteiger partial charge in [-0.05, 0) is 12.8 Å². The van der Waals surface area contributed by atoms with E-state index in [0.717, 1.165) is 0 Å². The van der Waals surface area contributed by atoms with Crippen molar-refractivity contribution in [3.63, 3.8) is 0 Å². The van der Waals surface area contributed by atoms with Crippen molar-refractivity contribution in [2.45, 2.75) is 32.1 Å². The van der Waals surface area contributed by atoms with Crippen LogP contribution in [-0.4, -0.2) is 25.1 Å². The summed E-state index contributed by atoms with van der Waals surface area (Å²) in [7, 11) is -4.16. The first-order valence-electron chi connectivity index (χ1n) is 3.63. The Morgan fingerprint density at radius 3 is 2.08 bits per heavy atom. The van der Waals surface area contributed by atoms with Gasteiger partial charge in [0.15, 0.2) is 0 Å². The molecule has 0 aliphatic carbocycles. The lowest BCUT2D eigenvalue weighted by atomic mass is 10.2. The summed E-state index contributed by atoms with van der Waals surface area (Å²) in [6.45, 7) is 0. The van der Waals surface area contributed by atoms with Gasteiger partial charge in [-0.1, -0.05) is 6.42 Å². The molecule has 0 saturated heterocycles. The molecule has 0 saturated carbocycles. The molecule has 0 spiro atoms. The third kappa shape index (κ3) is 14.6. The van der Waals surface area contributed by atoms with Crippen LogP contribution in [0.15, 0.2) is 0 Å². The molecule has 4 nitrogen and oxygen atoms in total. The lowest BCUT2D eigenvalue weighted by molar-refractivity contribution is 0.134. The zero-order valence-electron chi connectivity index (χ0n) is 7.50. The molecule has 0 bridgehead atoms. The van der Waals surface area contributed by atoms with Gasteiger partial charge < -0.3 is 10.7 Å². The largest absolute Gasteiger partial charge is 0.748 e. The summed E-state index contributed by atoms with van der Waals surface area (Å²) in [5.74, 6) is -0.448. The molecule has 0 aliphatic rings. The number of halogens is 2. The van der Waals surface area contributed by atoms with Crippen LogP contribution >= 0.6 is 0 Å². The number of rotatable bonds is 6. The van der Waals surface area contributed by atoms with Crippen LogP contribution < -0.4 is 6.15 Å². The van der Waals surface area contributed by atoms with Gasteiger partial charge in [-0.3, -0.25) is 0 Å². The van der Waals surface area contributed by atoms with Crippen molar-refractivity contribution in [1.82, 2.24) is 6.15 Å². The summed E-state index contributed by atoms with van der Waals surface area (Å²) in [6, 6.07) is 0. The van der Waals surface area contributed by atoms with E-state index in [0.29, 0.717) is 6.42 Å². The minimum absolute atomic E-state index is 0. The minimum Gasteiger partial charge on any atom is -0.748 e. The number of unbranched alkanes of at least 4 members (excludes halogenated alkanes) is 2. The predicted octanol–water partition coefficient (Wildman–Crippen LogP) is 1.73. The van der Waals surface area contributed by atoms with Crippen LogP contribution in [0.4, 0.5) is 8.78 Å². The zero-order valence-corrected chi connectivity index (χ0v) is 8.32. The minimum atomic E-state index is -4.16. The summed E-state index contributed by atoms with van der Waals surface area (Å²) in [5.41, 5.74) is 0. The molecule has 0 rings (SSSR count). The highest BCUT2D eigenvalue weighted by molar-refractivity contribution is 7.85. The molecule has 0 aromatic heterocycles. The Kier molecular flexibility index (Phi) is 8.38. The maximum atomic E-state index is 11.5. The smallest absolute Gasteiger partial charge is 0.238 e. The predicted molar refractivity (Wildman–Crippen MR) is 45.0 cm³/mol. The topological polar surface area (TPSA) is 93.7 Å². The Bertz CT molecular complexity index is 206. The fourth-order valence-corrected chi connectivity index (χ4v) is 1.31. The van der Waals surface area contributed by atoms with Gasteiger partial charge in [0.1, 0.15) is 0 Å². The number of quaternary nitrogens is 1. The average molecular weight is 219 g/mol. The van der Waals surface area contributed by atoms with E-state index in [4.69, 9.17) is 0 Å². The van der Waals surface area contributed by atoms with Crippen LogP contribution in [0.25, 0.3) is 0 Å². The summed E-state index contributed by atoms with van der Waals surface area (Å²) in [5, 5.41) is 0. The summed E-state index contributed by atoms with van der Waals surface area (Å²) < 4.78 is 53.1. The van der Waals surface area contributed by atoms with Crippen LogP contribution in [0.1, 0.15) is 25.7 Å². The normalized spacial score (nSPS) is 11.4. The quantitative estimate of drug-likeness (QED) is 0.544. The summed E-state index contributed by atoms with van der Waals surface area (Å²) in [6.07, 6.45) is -1.75. The highest BCUT2D eigenvalue weighted by Crippen LogP contribution is 2.07. The van der Waals surface area contributed by atoms with E-state index in [1.54, 1.807) is 0 Å². The van der Waals surface area contributed by atoms with E-state index in [-0.39, 0.29) is 25.4 Å². The van der Waals surface area contributed by atoms with E-state index in [9.17, 15) is 21.8 Å². The molecule has 0 radical (unpaired) electrons. The molecule has 0 amide bonds. The number of hydrogen-bond acceptors (Lipinski definition) is 3. The highest BCUT2D eigenvalue weighted by atomic mass is 32.2. The Labute approximate surface area is 76.7 Å². The molecule has 0 fully saturated rings. The molecule has 0 heterocycles. The van der Waals surface area contributed by atoms with Crippen LogP contribution in [0, 0.1) is 0 Å². The fraction of sp³-hybridized carbons (Fsp3) is 1.00.